The lowest BCUT2D eigenvalue weighted by Gasteiger charge is -2.28. The molecule has 0 saturated carbocycles. The van der Waals surface area contributed by atoms with Crippen molar-refractivity contribution in [3.8, 4) is 0 Å². The van der Waals surface area contributed by atoms with Gasteiger partial charge in [-0.25, -0.2) is 8.42 Å². The fourth-order valence-corrected chi connectivity index (χ4v) is 4.46. The fourth-order valence-electron chi connectivity index (χ4n) is 2.54. The number of furan rings is 1. The maximum atomic E-state index is 12.4. The molecule has 2 rings (SSSR count). The molecule has 0 aliphatic carbocycles. The maximum Gasteiger partial charge on any atom is 0.243 e. The summed E-state index contributed by atoms with van der Waals surface area (Å²) in [6, 6.07) is 10.0. The molecule has 1 atom stereocenters. The summed E-state index contributed by atoms with van der Waals surface area (Å²) in [5.74, 6) is 2.01. The van der Waals surface area contributed by atoms with Crippen LogP contribution in [-0.2, 0) is 20.6 Å². The van der Waals surface area contributed by atoms with E-state index in [-0.39, 0.29) is 5.91 Å². The van der Waals surface area contributed by atoms with Crippen molar-refractivity contribution in [1.29, 1.82) is 0 Å². The molecule has 0 fully saturated rings. The topological polar surface area (TPSA) is 79.6 Å². The number of amides is 1. The quantitative estimate of drug-likeness (QED) is 0.660. The number of carbonyl (C=O) groups excluding carboxylic acids is 1. The normalized spacial score (nSPS) is 12.6. The highest BCUT2D eigenvalue weighted by atomic mass is 32.2. The van der Waals surface area contributed by atoms with Gasteiger partial charge in [0.2, 0.25) is 15.9 Å². The Kier molecular flexibility index (Phi) is 7.16. The molecule has 142 valence electrons. The first kappa shape index (κ1) is 20.4. The minimum atomic E-state index is -3.59. The lowest BCUT2D eigenvalue weighted by molar-refractivity contribution is -0.121. The minimum absolute atomic E-state index is 0.324. The second-order valence-corrected chi connectivity index (χ2v) is 8.96. The highest BCUT2D eigenvalue weighted by Gasteiger charge is 2.28. The van der Waals surface area contributed by atoms with Crippen LogP contribution in [0.2, 0.25) is 0 Å². The van der Waals surface area contributed by atoms with Gasteiger partial charge in [-0.05, 0) is 43.7 Å². The molecule has 1 aromatic carbocycles. The molecule has 0 aliphatic rings. The van der Waals surface area contributed by atoms with Crippen molar-refractivity contribution < 1.29 is 17.6 Å². The van der Waals surface area contributed by atoms with E-state index in [1.807, 2.05) is 25.1 Å². The number of carbonyl (C=O) groups is 1. The Morgan fingerprint density at radius 3 is 2.69 bits per heavy atom. The molecule has 0 radical (unpaired) electrons. The first-order valence-corrected chi connectivity index (χ1v) is 11.2. The number of aryl methyl sites for hydroxylation is 1. The lowest BCUT2D eigenvalue weighted by Crippen LogP contribution is -2.48. The van der Waals surface area contributed by atoms with Gasteiger partial charge < -0.3 is 9.73 Å². The molecular weight excluding hydrogens is 372 g/mol. The summed E-state index contributed by atoms with van der Waals surface area (Å²) < 4.78 is 30.9. The zero-order valence-corrected chi connectivity index (χ0v) is 16.8. The number of benzene rings is 1. The van der Waals surface area contributed by atoms with Gasteiger partial charge >= 0.3 is 0 Å². The molecule has 1 heterocycles. The van der Waals surface area contributed by atoms with Crippen molar-refractivity contribution in [3.05, 3.63) is 54.0 Å². The summed E-state index contributed by atoms with van der Waals surface area (Å²) in [6.45, 7) is 3.93. The lowest BCUT2D eigenvalue weighted by atomic mass is 10.2. The van der Waals surface area contributed by atoms with Crippen molar-refractivity contribution in [2.45, 2.75) is 25.6 Å². The third-order valence-corrected chi connectivity index (χ3v) is 5.94. The molecule has 0 aliphatic heterocycles. The highest BCUT2D eigenvalue weighted by molar-refractivity contribution is 7.98. The van der Waals surface area contributed by atoms with Crippen LogP contribution in [0.3, 0.4) is 0 Å². The van der Waals surface area contributed by atoms with Crippen molar-refractivity contribution in [2.75, 3.05) is 22.9 Å². The predicted molar refractivity (Wildman–Crippen MR) is 106 cm³/mol. The SMILES string of the molecule is Cc1cccc(N(C(C)C(=O)NCCSCc2ccco2)S(C)(=O)=O)c1. The van der Waals surface area contributed by atoms with Crippen LogP contribution in [0, 0.1) is 6.92 Å². The molecule has 6 nitrogen and oxygen atoms in total. The van der Waals surface area contributed by atoms with E-state index >= 15 is 0 Å². The minimum Gasteiger partial charge on any atom is -0.468 e. The number of rotatable bonds is 9. The van der Waals surface area contributed by atoms with Gasteiger partial charge in [-0.3, -0.25) is 9.10 Å². The number of nitrogens with one attached hydrogen (secondary N) is 1. The van der Waals surface area contributed by atoms with E-state index in [9.17, 15) is 13.2 Å². The van der Waals surface area contributed by atoms with E-state index in [0.29, 0.717) is 18.0 Å². The Bertz CT molecular complexity index is 819. The van der Waals surface area contributed by atoms with Crippen LogP contribution in [0.5, 0.6) is 0 Å². The molecule has 2 aromatic rings. The van der Waals surface area contributed by atoms with Gasteiger partial charge in [0, 0.05) is 12.3 Å². The maximum absolute atomic E-state index is 12.4. The van der Waals surface area contributed by atoms with E-state index in [1.54, 1.807) is 43.1 Å². The van der Waals surface area contributed by atoms with E-state index in [2.05, 4.69) is 5.32 Å². The van der Waals surface area contributed by atoms with Gasteiger partial charge in [-0.1, -0.05) is 12.1 Å². The van der Waals surface area contributed by atoms with Crippen LogP contribution in [0.15, 0.2) is 47.1 Å². The fraction of sp³-hybridized carbons (Fsp3) is 0.389. The zero-order chi connectivity index (χ0) is 19.2. The van der Waals surface area contributed by atoms with Gasteiger partial charge in [-0.2, -0.15) is 11.8 Å². The number of sulfonamides is 1. The summed E-state index contributed by atoms with van der Waals surface area (Å²) in [7, 11) is -3.59. The van der Waals surface area contributed by atoms with Gasteiger partial charge in [0.05, 0.1) is 24.0 Å². The molecule has 1 amide bonds. The first-order valence-electron chi connectivity index (χ1n) is 8.23. The van der Waals surface area contributed by atoms with Gasteiger partial charge in [0.25, 0.3) is 0 Å². The second kappa shape index (κ2) is 9.14. The van der Waals surface area contributed by atoms with Crippen LogP contribution in [-0.4, -0.2) is 38.9 Å². The molecule has 0 saturated heterocycles. The summed E-state index contributed by atoms with van der Waals surface area (Å²) >= 11 is 1.64. The Hall–Kier alpha value is -1.93. The third-order valence-electron chi connectivity index (χ3n) is 3.71. The largest absolute Gasteiger partial charge is 0.468 e. The number of hydrogen-bond donors (Lipinski definition) is 1. The van der Waals surface area contributed by atoms with Gasteiger partial charge in [-0.15, -0.1) is 0 Å². The summed E-state index contributed by atoms with van der Waals surface area (Å²) in [5.41, 5.74) is 1.42. The van der Waals surface area contributed by atoms with Crippen molar-refractivity contribution in [3.63, 3.8) is 0 Å². The summed E-state index contributed by atoms with van der Waals surface area (Å²) in [4.78, 5) is 12.4. The van der Waals surface area contributed by atoms with E-state index in [1.165, 1.54) is 0 Å². The monoisotopic (exact) mass is 396 g/mol. The third kappa shape index (κ3) is 5.81. The number of nitrogens with zero attached hydrogens (tertiary/aromatic N) is 1. The number of anilines is 1. The average Bonchev–Trinajstić information content (AvgIpc) is 3.06. The van der Waals surface area contributed by atoms with Crippen LogP contribution in [0.1, 0.15) is 18.2 Å². The van der Waals surface area contributed by atoms with Crippen molar-refractivity contribution in [1.82, 2.24) is 5.32 Å². The Balaban J connectivity index is 1.92. The molecule has 0 bridgehead atoms. The van der Waals surface area contributed by atoms with Gasteiger partial charge in [0.1, 0.15) is 11.8 Å². The molecule has 1 unspecified atom stereocenters. The van der Waals surface area contributed by atoms with Crippen molar-refractivity contribution >= 4 is 33.4 Å². The molecule has 8 heteroatoms. The van der Waals surface area contributed by atoms with Crippen molar-refractivity contribution in [2.24, 2.45) is 0 Å². The summed E-state index contributed by atoms with van der Waals surface area (Å²) in [6.07, 6.45) is 2.74. The van der Waals surface area contributed by atoms with Gasteiger partial charge in [0.15, 0.2) is 0 Å². The van der Waals surface area contributed by atoms with Crippen LogP contribution in [0.25, 0.3) is 0 Å². The zero-order valence-electron chi connectivity index (χ0n) is 15.1. The highest BCUT2D eigenvalue weighted by Crippen LogP contribution is 2.22. The Morgan fingerprint density at radius 1 is 1.31 bits per heavy atom. The molecule has 0 spiro atoms. The average molecular weight is 397 g/mol. The first-order chi connectivity index (χ1) is 12.3. The molecule has 1 aromatic heterocycles. The summed E-state index contributed by atoms with van der Waals surface area (Å²) in [5, 5.41) is 2.80. The van der Waals surface area contributed by atoms with E-state index in [4.69, 9.17) is 4.42 Å². The van der Waals surface area contributed by atoms with Crippen LogP contribution in [0.4, 0.5) is 5.69 Å². The predicted octanol–water partition coefficient (Wildman–Crippen LogP) is 2.79. The second-order valence-electron chi connectivity index (χ2n) is 6.00. The number of hydrogen-bond acceptors (Lipinski definition) is 5. The molecular formula is C18H24N2O4S2. The van der Waals surface area contributed by atoms with E-state index in [0.717, 1.165) is 27.6 Å². The van der Waals surface area contributed by atoms with Crippen LogP contribution < -0.4 is 9.62 Å². The number of thioether (sulfide) groups is 1. The smallest absolute Gasteiger partial charge is 0.243 e. The molecule has 1 N–H and O–H groups in total. The standard InChI is InChI=1S/C18H24N2O4S2/c1-14-6-4-7-16(12-14)20(26(3,22)23)15(2)18(21)19-9-11-25-13-17-8-5-10-24-17/h4-8,10,12,15H,9,11,13H2,1-3H3,(H,19,21). The molecule has 26 heavy (non-hydrogen) atoms. The Labute approximate surface area is 159 Å². The van der Waals surface area contributed by atoms with Crippen LogP contribution >= 0.6 is 11.8 Å². The van der Waals surface area contributed by atoms with E-state index < -0.39 is 16.1 Å². The Morgan fingerprint density at radius 2 is 2.08 bits per heavy atom.